The van der Waals surface area contributed by atoms with Crippen LogP contribution in [0.1, 0.15) is 26.7 Å². The Balaban J connectivity index is 1.92. The lowest BCUT2D eigenvalue weighted by Gasteiger charge is -2.15. The number of nitrogens with one attached hydrogen (secondary N) is 3. The van der Waals surface area contributed by atoms with Gasteiger partial charge in [0.05, 0.1) is 0 Å². The molecule has 0 saturated heterocycles. The molecular formula is C16H22N4O3. The summed E-state index contributed by atoms with van der Waals surface area (Å²) in [5.74, 6) is 0.511. The first-order valence-corrected chi connectivity index (χ1v) is 7.57. The highest BCUT2D eigenvalue weighted by Crippen LogP contribution is 2.20. The minimum absolute atomic E-state index is 0.323. The number of aromatic nitrogens is 1. The smallest absolute Gasteiger partial charge is 0.321 e. The average molecular weight is 318 g/mol. The normalized spacial score (nSPS) is 12.2. The van der Waals surface area contributed by atoms with Crippen LogP contribution in [0.3, 0.4) is 0 Å². The summed E-state index contributed by atoms with van der Waals surface area (Å²) in [5.41, 5.74) is 2.14. The molecule has 0 bridgehead atoms. The maximum atomic E-state index is 12.0. The molecule has 0 aliphatic rings. The zero-order valence-corrected chi connectivity index (χ0v) is 13.8. The Morgan fingerprint density at radius 3 is 2.70 bits per heavy atom. The third-order valence-electron chi connectivity index (χ3n) is 3.18. The molecule has 2 rings (SSSR count). The van der Waals surface area contributed by atoms with E-state index in [4.69, 9.17) is 4.42 Å². The lowest BCUT2D eigenvalue weighted by atomic mass is 10.2. The van der Waals surface area contributed by atoms with Crippen LogP contribution in [0, 0.1) is 12.8 Å². The molecule has 0 unspecified atom stereocenters. The molecule has 0 aliphatic heterocycles. The van der Waals surface area contributed by atoms with E-state index in [9.17, 15) is 9.59 Å². The summed E-state index contributed by atoms with van der Waals surface area (Å²) in [4.78, 5) is 27.8. The van der Waals surface area contributed by atoms with Crippen molar-refractivity contribution in [1.82, 2.24) is 15.6 Å². The number of oxazole rings is 1. The Labute approximate surface area is 134 Å². The fourth-order valence-corrected chi connectivity index (χ4v) is 2.01. The molecule has 1 heterocycles. The molecule has 0 radical (unpaired) electrons. The Hall–Kier alpha value is -2.57. The molecule has 3 N–H and O–H groups in total. The topological polar surface area (TPSA) is 96.3 Å². The van der Waals surface area contributed by atoms with Gasteiger partial charge in [0.2, 0.25) is 5.91 Å². The monoisotopic (exact) mass is 318 g/mol. The fraction of sp³-hybridized carbons (Fsp3) is 0.438. The SMILES string of the molecule is Cc1nc2cc(N[C@H](C)C(=O)NC(=O)NCC(C)C)ccc2o1. The molecular weight excluding hydrogens is 296 g/mol. The molecule has 0 fully saturated rings. The van der Waals surface area contributed by atoms with Crippen LogP contribution in [-0.2, 0) is 4.79 Å². The van der Waals surface area contributed by atoms with Crippen LogP contribution in [0.25, 0.3) is 11.1 Å². The summed E-state index contributed by atoms with van der Waals surface area (Å²) in [7, 11) is 0. The molecule has 1 aromatic heterocycles. The largest absolute Gasteiger partial charge is 0.441 e. The van der Waals surface area contributed by atoms with Gasteiger partial charge in [0.1, 0.15) is 11.6 Å². The summed E-state index contributed by atoms with van der Waals surface area (Å²) in [6.07, 6.45) is 0. The Kier molecular flexibility index (Phi) is 5.20. The summed E-state index contributed by atoms with van der Waals surface area (Å²) < 4.78 is 5.40. The second kappa shape index (κ2) is 7.13. The third-order valence-corrected chi connectivity index (χ3v) is 3.18. The van der Waals surface area contributed by atoms with Gasteiger partial charge in [0.25, 0.3) is 0 Å². The highest BCUT2D eigenvalue weighted by Gasteiger charge is 2.16. The van der Waals surface area contributed by atoms with E-state index in [0.29, 0.717) is 23.9 Å². The summed E-state index contributed by atoms with van der Waals surface area (Å²) in [6, 6.07) is 4.34. The lowest BCUT2D eigenvalue weighted by Crippen LogP contribution is -2.46. The van der Waals surface area contributed by atoms with E-state index in [0.717, 1.165) is 11.2 Å². The Morgan fingerprint density at radius 2 is 2.00 bits per heavy atom. The molecule has 1 aromatic carbocycles. The van der Waals surface area contributed by atoms with Gasteiger partial charge in [-0.15, -0.1) is 0 Å². The summed E-state index contributed by atoms with van der Waals surface area (Å²) in [6.45, 7) is 7.94. The van der Waals surface area contributed by atoms with Gasteiger partial charge in [-0.05, 0) is 31.0 Å². The van der Waals surface area contributed by atoms with Gasteiger partial charge in [-0.3, -0.25) is 10.1 Å². The van der Waals surface area contributed by atoms with Crippen LogP contribution in [0.15, 0.2) is 22.6 Å². The van der Waals surface area contributed by atoms with Crippen LogP contribution in [-0.4, -0.2) is 29.5 Å². The van der Waals surface area contributed by atoms with E-state index < -0.39 is 18.0 Å². The molecule has 0 aliphatic carbocycles. The first-order valence-electron chi connectivity index (χ1n) is 7.57. The number of benzene rings is 1. The number of anilines is 1. The van der Waals surface area contributed by atoms with Crippen molar-refractivity contribution >= 4 is 28.7 Å². The molecule has 7 nitrogen and oxygen atoms in total. The first-order chi connectivity index (χ1) is 10.8. The van der Waals surface area contributed by atoms with Gasteiger partial charge in [-0.25, -0.2) is 9.78 Å². The minimum atomic E-state index is -0.565. The van der Waals surface area contributed by atoms with Crippen molar-refractivity contribution in [2.45, 2.75) is 33.7 Å². The number of aryl methyl sites for hydroxylation is 1. The number of rotatable bonds is 5. The molecule has 7 heteroatoms. The molecule has 1 atom stereocenters. The third kappa shape index (κ3) is 4.70. The summed E-state index contributed by atoms with van der Waals surface area (Å²) >= 11 is 0. The number of carbonyl (C=O) groups is 2. The van der Waals surface area contributed by atoms with Crippen molar-refractivity contribution in [3.63, 3.8) is 0 Å². The predicted octanol–water partition coefficient (Wildman–Crippen LogP) is 2.42. The highest BCUT2D eigenvalue weighted by atomic mass is 16.3. The van der Waals surface area contributed by atoms with E-state index in [2.05, 4.69) is 20.9 Å². The Bertz CT molecular complexity index is 708. The van der Waals surface area contributed by atoms with Gasteiger partial charge in [-0.1, -0.05) is 13.8 Å². The predicted molar refractivity (Wildman–Crippen MR) is 88.2 cm³/mol. The summed E-state index contributed by atoms with van der Waals surface area (Å²) in [5, 5.41) is 7.99. The van der Waals surface area contributed by atoms with E-state index >= 15 is 0 Å². The van der Waals surface area contributed by atoms with Crippen molar-refractivity contribution in [2.75, 3.05) is 11.9 Å². The van der Waals surface area contributed by atoms with Crippen molar-refractivity contribution < 1.29 is 14.0 Å². The minimum Gasteiger partial charge on any atom is -0.441 e. The first kappa shape index (κ1) is 16.8. The van der Waals surface area contributed by atoms with Crippen molar-refractivity contribution in [1.29, 1.82) is 0 Å². The van der Waals surface area contributed by atoms with Crippen LogP contribution in [0.4, 0.5) is 10.5 Å². The number of nitrogens with zero attached hydrogens (tertiary/aromatic N) is 1. The number of urea groups is 1. The van der Waals surface area contributed by atoms with Gasteiger partial charge >= 0.3 is 6.03 Å². The standard InChI is InChI=1S/C16H22N4O3/c1-9(2)8-17-16(22)20-15(21)10(3)18-12-5-6-14-13(7-12)19-11(4)23-14/h5-7,9-10,18H,8H2,1-4H3,(H2,17,20,21,22)/t10-/m1/s1. The Morgan fingerprint density at radius 1 is 1.26 bits per heavy atom. The van der Waals surface area contributed by atoms with Crippen LogP contribution in [0.5, 0.6) is 0 Å². The number of fused-ring (bicyclic) bond motifs is 1. The number of hydrogen-bond acceptors (Lipinski definition) is 5. The molecule has 23 heavy (non-hydrogen) atoms. The number of carbonyl (C=O) groups excluding carboxylic acids is 2. The number of hydrogen-bond donors (Lipinski definition) is 3. The maximum absolute atomic E-state index is 12.0. The number of amides is 3. The second-order valence-electron chi connectivity index (χ2n) is 5.87. The molecule has 0 saturated carbocycles. The molecule has 2 aromatic rings. The van der Waals surface area contributed by atoms with Gasteiger partial charge in [0.15, 0.2) is 11.5 Å². The van der Waals surface area contributed by atoms with Gasteiger partial charge in [0, 0.05) is 19.2 Å². The van der Waals surface area contributed by atoms with E-state index in [1.54, 1.807) is 32.0 Å². The van der Waals surface area contributed by atoms with E-state index in [1.807, 2.05) is 13.8 Å². The van der Waals surface area contributed by atoms with E-state index in [-0.39, 0.29) is 0 Å². The van der Waals surface area contributed by atoms with Crippen molar-refractivity contribution in [2.24, 2.45) is 5.92 Å². The van der Waals surface area contributed by atoms with Gasteiger partial charge in [-0.2, -0.15) is 0 Å². The quantitative estimate of drug-likeness (QED) is 0.787. The van der Waals surface area contributed by atoms with E-state index in [1.165, 1.54) is 0 Å². The second-order valence-corrected chi connectivity index (χ2v) is 5.87. The van der Waals surface area contributed by atoms with Gasteiger partial charge < -0.3 is 15.1 Å². The van der Waals surface area contributed by atoms with Crippen LogP contribution in [0.2, 0.25) is 0 Å². The fourth-order valence-electron chi connectivity index (χ4n) is 2.01. The van der Waals surface area contributed by atoms with Crippen molar-refractivity contribution in [3.8, 4) is 0 Å². The number of imide groups is 1. The van der Waals surface area contributed by atoms with Crippen LogP contribution < -0.4 is 16.0 Å². The van der Waals surface area contributed by atoms with Crippen LogP contribution >= 0.6 is 0 Å². The molecule has 0 spiro atoms. The maximum Gasteiger partial charge on any atom is 0.321 e. The zero-order valence-electron chi connectivity index (χ0n) is 13.8. The lowest BCUT2D eigenvalue weighted by molar-refractivity contribution is -0.120. The molecule has 124 valence electrons. The highest BCUT2D eigenvalue weighted by molar-refractivity contribution is 5.98. The van der Waals surface area contributed by atoms with Crippen molar-refractivity contribution in [3.05, 3.63) is 24.1 Å². The zero-order chi connectivity index (χ0) is 17.0. The molecule has 3 amide bonds. The average Bonchev–Trinajstić information content (AvgIpc) is 2.84.